The largest absolute Gasteiger partial charge is 0.270 e. The van der Waals surface area contributed by atoms with Gasteiger partial charge in [0.1, 0.15) is 0 Å². The van der Waals surface area contributed by atoms with E-state index in [1.54, 1.807) is 26.3 Å². The van der Waals surface area contributed by atoms with E-state index in [4.69, 9.17) is 0 Å². The summed E-state index contributed by atoms with van der Waals surface area (Å²) in [6.45, 7) is 5.11. The maximum Gasteiger partial charge on any atom is 0.270 e. The van der Waals surface area contributed by atoms with Crippen molar-refractivity contribution in [3.8, 4) is 10.4 Å². The van der Waals surface area contributed by atoms with Crippen molar-refractivity contribution in [2.45, 2.75) is 31.2 Å². The number of nitrogens with one attached hydrogen (secondary N) is 1. The van der Waals surface area contributed by atoms with Crippen LogP contribution in [0, 0.1) is 10.1 Å². The molecule has 118 valence electrons. The summed E-state index contributed by atoms with van der Waals surface area (Å²) in [6.07, 6.45) is 1.53. The first-order valence-electron chi connectivity index (χ1n) is 6.31. The van der Waals surface area contributed by atoms with Crippen LogP contribution >= 0.6 is 11.3 Å². The summed E-state index contributed by atoms with van der Waals surface area (Å²) < 4.78 is 27.7. The first-order chi connectivity index (χ1) is 10.1. The van der Waals surface area contributed by atoms with Gasteiger partial charge in [-0.1, -0.05) is 0 Å². The lowest BCUT2D eigenvalue weighted by Crippen LogP contribution is -2.40. The lowest BCUT2D eigenvalue weighted by Gasteiger charge is -2.21. The molecule has 0 saturated heterocycles. The maximum atomic E-state index is 12.6. The number of thiazole rings is 1. The molecule has 0 aliphatic carbocycles. The number of aromatic nitrogens is 1. The Kier molecular flexibility index (Phi) is 4.32. The van der Waals surface area contributed by atoms with E-state index in [9.17, 15) is 18.5 Å². The Balaban J connectivity index is 2.65. The molecule has 2 rings (SSSR count). The topological polar surface area (TPSA) is 102 Å². The molecule has 0 aliphatic heterocycles. The fourth-order valence-corrected chi connectivity index (χ4v) is 4.24. The minimum Gasteiger partial charge on any atom is -0.258 e. The van der Waals surface area contributed by atoms with Crippen LogP contribution in [0.15, 0.2) is 34.8 Å². The van der Waals surface area contributed by atoms with Gasteiger partial charge in [0, 0.05) is 29.4 Å². The van der Waals surface area contributed by atoms with Crippen molar-refractivity contribution in [2.75, 3.05) is 0 Å². The van der Waals surface area contributed by atoms with Crippen LogP contribution in [0.1, 0.15) is 20.8 Å². The molecule has 7 nitrogen and oxygen atoms in total. The molecule has 0 saturated carbocycles. The number of nitro benzene ring substituents is 1. The Labute approximate surface area is 132 Å². The van der Waals surface area contributed by atoms with E-state index < -0.39 is 20.5 Å². The number of rotatable bonds is 4. The first-order valence-corrected chi connectivity index (χ1v) is 8.68. The van der Waals surface area contributed by atoms with Crippen molar-refractivity contribution in [3.63, 3.8) is 0 Å². The van der Waals surface area contributed by atoms with Crippen LogP contribution in [-0.4, -0.2) is 23.9 Å². The van der Waals surface area contributed by atoms with Gasteiger partial charge in [0.25, 0.3) is 5.69 Å². The molecular formula is C13H15N3O4S2. The minimum absolute atomic E-state index is 0.124. The van der Waals surface area contributed by atoms with Crippen molar-refractivity contribution in [2.24, 2.45) is 0 Å². The van der Waals surface area contributed by atoms with Gasteiger partial charge in [-0.3, -0.25) is 15.1 Å². The van der Waals surface area contributed by atoms with Gasteiger partial charge in [-0.15, -0.1) is 11.3 Å². The minimum atomic E-state index is -3.91. The molecule has 0 bridgehead atoms. The van der Waals surface area contributed by atoms with Crippen LogP contribution < -0.4 is 4.72 Å². The molecule has 0 radical (unpaired) electrons. The van der Waals surface area contributed by atoms with Gasteiger partial charge in [0.2, 0.25) is 10.0 Å². The van der Waals surface area contributed by atoms with Gasteiger partial charge in [-0.05, 0) is 26.8 Å². The van der Waals surface area contributed by atoms with E-state index in [0.717, 1.165) is 6.07 Å². The van der Waals surface area contributed by atoms with E-state index in [-0.39, 0.29) is 10.6 Å². The van der Waals surface area contributed by atoms with Crippen LogP contribution in [0.25, 0.3) is 10.4 Å². The van der Waals surface area contributed by atoms with Gasteiger partial charge >= 0.3 is 0 Å². The molecule has 0 atom stereocenters. The predicted molar refractivity (Wildman–Crippen MR) is 84.3 cm³/mol. The van der Waals surface area contributed by atoms with Crippen molar-refractivity contribution in [3.05, 3.63) is 40.0 Å². The van der Waals surface area contributed by atoms with Crippen molar-refractivity contribution >= 4 is 27.0 Å². The van der Waals surface area contributed by atoms with Gasteiger partial charge in [0.05, 0.1) is 20.2 Å². The van der Waals surface area contributed by atoms with Crippen LogP contribution in [0.5, 0.6) is 0 Å². The average Bonchev–Trinajstić information content (AvgIpc) is 2.88. The highest BCUT2D eigenvalue weighted by Gasteiger charge is 2.27. The predicted octanol–water partition coefficient (Wildman–Crippen LogP) is 2.80. The van der Waals surface area contributed by atoms with E-state index in [1.807, 2.05) is 0 Å². The third kappa shape index (κ3) is 3.67. The Bertz CT molecular complexity index is 793. The summed E-state index contributed by atoms with van der Waals surface area (Å²) in [4.78, 5) is 14.8. The summed E-state index contributed by atoms with van der Waals surface area (Å²) in [5.41, 5.74) is 0.992. The average molecular weight is 341 g/mol. The normalized spacial score (nSPS) is 12.3. The molecule has 0 fully saturated rings. The molecule has 1 heterocycles. The fourth-order valence-electron chi connectivity index (χ4n) is 1.86. The quantitative estimate of drug-likeness (QED) is 0.680. The second-order valence-electron chi connectivity index (χ2n) is 5.66. The van der Waals surface area contributed by atoms with Crippen LogP contribution in [0.4, 0.5) is 5.69 Å². The summed E-state index contributed by atoms with van der Waals surface area (Å²) in [7, 11) is -3.91. The molecule has 1 N–H and O–H groups in total. The Hall–Kier alpha value is -1.84. The summed E-state index contributed by atoms with van der Waals surface area (Å²) in [5, 5.41) is 10.9. The van der Waals surface area contributed by atoms with E-state index in [2.05, 4.69) is 9.71 Å². The molecular weight excluding hydrogens is 326 g/mol. The highest BCUT2D eigenvalue weighted by Crippen LogP contribution is 2.33. The SMILES string of the molecule is CC(C)(C)NS(=O)(=O)c1cc([N+](=O)[O-])ccc1-c1cncs1. The molecule has 0 unspecified atom stereocenters. The highest BCUT2D eigenvalue weighted by atomic mass is 32.2. The van der Waals surface area contributed by atoms with Crippen LogP contribution in [0.3, 0.4) is 0 Å². The standard InChI is InChI=1S/C13H15N3O4S2/c1-13(2,3)15-22(19,20)12-6-9(16(17)18)4-5-10(12)11-7-14-8-21-11/h4-8,15H,1-3H3. The molecule has 1 aromatic heterocycles. The zero-order chi connectivity index (χ0) is 16.5. The monoisotopic (exact) mass is 341 g/mol. The number of non-ortho nitro benzene ring substituents is 1. The van der Waals surface area contributed by atoms with Gasteiger partial charge in [0.15, 0.2) is 0 Å². The van der Waals surface area contributed by atoms with E-state index >= 15 is 0 Å². The lowest BCUT2D eigenvalue weighted by molar-refractivity contribution is -0.385. The number of nitrogens with zero attached hydrogens (tertiary/aromatic N) is 2. The number of benzene rings is 1. The second-order valence-corrected chi connectivity index (χ2v) is 8.20. The fraction of sp³-hybridized carbons (Fsp3) is 0.308. The van der Waals surface area contributed by atoms with Crippen LogP contribution in [-0.2, 0) is 10.0 Å². The zero-order valence-electron chi connectivity index (χ0n) is 12.2. The van der Waals surface area contributed by atoms with Gasteiger partial charge in [-0.25, -0.2) is 13.1 Å². The molecule has 0 amide bonds. The third-order valence-corrected chi connectivity index (χ3v) is 5.21. The first kappa shape index (κ1) is 16.5. The molecule has 2 aromatic rings. The Morgan fingerprint density at radius 2 is 2.00 bits per heavy atom. The number of hydrogen-bond acceptors (Lipinski definition) is 6. The lowest BCUT2D eigenvalue weighted by atomic mass is 10.1. The number of nitro groups is 1. The number of sulfonamides is 1. The summed E-state index contributed by atoms with van der Waals surface area (Å²) >= 11 is 1.27. The van der Waals surface area contributed by atoms with Crippen molar-refractivity contribution in [1.82, 2.24) is 9.71 Å². The van der Waals surface area contributed by atoms with Crippen molar-refractivity contribution < 1.29 is 13.3 Å². The van der Waals surface area contributed by atoms with Gasteiger partial charge in [-0.2, -0.15) is 0 Å². The molecule has 0 spiro atoms. The molecule has 0 aliphatic rings. The van der Waals surface area contributed by atoms with E-state index in [1.165, 1.54) is 29.7 Å². The van der Waals surface area contributed by atoms with Crippen LogP contribution in [0.2, 0.25) is 0 Å². The maximum absolute atomic E-state index is 12.6. The second kappa shape index (κ2) is 5.75. The summed E-state index contributed by atoms with van der Waals surface area (Å²) in [6, 6.07) is 3.79. The third-order valence-electron chi connectivity index (χ3n) is 2.60. The summed E-state index contributed by atoms with van der Waals surface area (Å²) in [5.74, 6) is 0. The molecule has 1 aromatic carbocycles. The van der Waals surface area contributed by atoms with Gasteiger partial charge < -0.3 is 0 Å². The number of hydrogen-bond donors (Lipinski definition) is 1. The highest BCUT2D eigenvalue weighted by molar-refractivity contribution is 7.89. The van der Waals surface area contributed by atoms with Crippen molar-refractivity contribution in [1.29, 1.82) is 0 Å². The molecule has 22 heavy (non-hydrogen) atoms. The zero-order valence-corrected chi connectivity index (χ0v) is 13.9. The Morgan fingerprint density at radius 1 is 1.32 bits per heavy atom. The Morgan fingerprint density at radius 3 is 2.50 bits per heavy atom. The van der Waals surface area contributed by atoms with E-state index in [0.29, 0.717) is 10.4 Å². The molecule has 9 heteroatoms. The smallest absolute Gasteiger partial charge is 0.258 e.